The number of halogens is 1. The predicted molar refractivity (Wildman–Crippen MR) is 89.4 cm³/mol. The molecule has 1 N–H and O–H groups in total. The highest BCUT2D eigenvalue weighted by molar-refractivity contribution is 14.1. The fourth-order valence-electron chi connectivity index (χ4n) is 1.77. The van der Waals surface area contributed by atoms with Crippen molar-refractivity contribution in [2.24, 2.45) is 0 Å². The Balaban J connectivity index is 2.05. The summed E-state index contributed by atoms with van der Waals surface area (Å²) in [4.78, 5) is 1.29. The van der Waals surface area contributed by atoms with Gasteiger partial charge in [0, 0.05) is 20.2 Å². The number of nitrogens with one attached hydrogen (secondary N) is 1. The summed E-state index contributed by atoms with van der Waals surface area (Å²) < 4.78 is 1.27. The number of rotatable bonds is 4. The molecule has 2 aromatic rings. The van der Waals surface area contributed by atoms with Crippen LogP contribution >= 0.6 is 34.4 Å². The summed E-state index contributed by atoms with van der Waals surface area (Å²) in [5, 5.41) is 3.52. The van der Waals surface area contributed by atoms with Crippen molar-refractivity contribution in [2.45, 2.75) is 17.9 Å². The molecule has 0 aliphatic heterocycles. The molecule has 0 aromatic heterocycles. The Bertz CT molecular complexity index is 493. The first-order chi connectivity index (χ1) is 8.69. The Labute approximate surface area is 127 Å². The van der Waals surface area contributed by atoms with Crippen molar-refractivity contribution in [1.82, 2.24) is 0 Å². The van der Waals surface area contributed by atoms with E-state index in [1.807, 2.05) is 0 Å². The van der Waals surface area contributed by atoms with Crippen LogP contribution in [-0.4, -0.2) is 6.26 Å². The van der Waals surface area contributed by atoms with E-state index in [2.05, 4.69) is 89.6 Å². The van der Waals surface area contributed by atoms with E-state index >= 15 is 0 Å². The molecular weight excluding hydrogens is 353 g/mol. The van der Waals surface area contributed by atoms with Crippen LogP contribution in [0.4, 0.5) is 5.69 Å². The van der Waals surface area contributed by atoms with Crippen molar-refractivity contribution >= 4 is 40.0 Å². The monoisotopic (exact) mass is 369 g/mol. The quantitative estimate of drug-likeness (QED) is 0.588. The lowest BCUT2D eigenvalue weighted by Crippen LogP contribution is -2.06. The van der Waals surface area contributed by atoms with Gasteiger partial charge >= 0.3 is 0 Å². The Kier molecular flexibility index (Phi) is 4.95. The Morgan fingerprint density at radius 1 is 1.00 bits per heavy atom. The van der Waals surface area contributed by atoms with Crippen LogP contribution in [0, 0.1) is 3.57 Å². The van der Waals surface area contributed by atoms with E-state index in [0.717, 1.165) is 0 Å². The second-order valence-electron chi connectivity index (χ2n) is 4.15. The van der Waals surface area contributed by atoms with Gasteiger partial charge in [-0.15, -0.1) is 11.8 Å². The van der Waals surface area contributed by atoms with E-state index in [9.17, 15) is 0 Å². The maximum atomic E-state index is 3.52. The van der Waals surface area contributed by atoms with Crippen LogP contribution in [0.1, 0.15) is 18.5 Å². The van der Waals surface area contributed by atoms with Crippen LogP contribution in [-0.2, 0) is 0 Å². The molecule has 1 unspecified atom stereocenters. The van der Waals surface area contributed by atoms with Gasteiger partial charge in [0.2, 0.25) is 0 Å². The van der Waals surface area contributed by atoms with E-state index in [1.54, 1.807) is 11.8 Å². The first kappa shape index (κ1) is 13.7. The normalized spacial score (nSPS) is 12.2. The zero-order valence-corrected chi connectivity index (χ0v) is 13.5. The van der Waals surface area contributed by atoms with Crippen LogP contribution in [0.3, 0.4) is 0 Å². The van der Waals surface area contributed by atoms with E-state index in [-0.39, 0.29) is 0 Å². The summed E-state index contributed by atoms with van der Waals surface area (Å²) in [5.74, 6) is 0. The van der Waals surface area contributed by atoms with Crippen molar-refractivity contribution in [3.63, 3.8) is 0 Å². The van der Waals surface area contributed by atoms with Crippen molar-refractivity contribution in [3.05, 3.63) is 57.7 Å². The molecule has 1 atom stereocenters. The first-order valence-corrected chi connectivity index (χ1v) is 8.15. The van der Waals surface area contributed by atoms with Crippen LogP contribution in [0.25, 0.3) is 0 Å². The van der Waals surface area contributed by atoms with Gasteiger partial charge in [-0.05, 0) is 77.7 Å². The molecule has 0 fully saturated rings. The average Bonchev–Trinajstić information content (AvgIpc) is 2.40. The van der Waals surface area contributed by atoms with Crippen molar-refractivity contribution < 1.29 is 0 Å². The minimum atomic E-state index is 0.321. The van der Waals surface area contributed by atoms with Crippen LogP contribution in [0.5, 0.6) is 0 Å². The average molecular weight is 369 g/mol. The lowest BCUT2D eigenvalue weighted by Gasteiger charge is -2.16. The van der Waals surface area contributed by atoms with Crippen LogP contribution in [0.2, 0.25) is 0 Å². The topological polar surface area (TPSA) is 12.0 Å². The molecule has 0 saturated heterocycles. The summed E-state index contributed by atoms with van der Waals surface area (Å²) in [6, 6.07) is 17.5. The maximum Gasteiger partial charge on any atom is 0.0485 e. The molecule has 0 bridgehead atoms. The third-order valence-electron chi connectivity index (χ3n) is 2.84. The number of hydrogen-bond donors (Lipinski definition) is 1. The third kappa shape index (κ3) is 3.65. The molecule has 0 heterocycles. The molecule has 0 amide bonds. The van der Waals surface area contributed by atoms with Crippen LogP contribution in [0.15, 0.2) is 53.4 Å². The van der Waals surface area contributed by atoms with E-state index in [4.69, 9.17) is 0 Å². The fraction of sp³-hybridized carbons (Fsp3) is 0.200. The standard InChI is InChI=1S/C15H16INS/c1-11(12-3-5-13(16)6-4-12)17-14-7-9-15(18-2)10-8-14/h3-11,17H,1-2H3. The lowest BCUT2D eigenvalue weighted by molar-refractivity contribution is 0.884. The highest BCUT2D eigenvalue weighted by Gasteiger charge is 2.04. The first-order valence-electron chi connectivity index (χ1n) is 5.85. The Morgan fingerprint density at radius 3 is 2.17 bits per heavy atom. The second-order valence-corrected chi connectivity index (χ2v) is 6.27. The molecule has 2 aromatic carbocycles. The zero-order valence-electron chi connectivity index (χ0n) is 10.5. The molecule has 0 spiro atoms. The van der Waals surface area contributed by atoms with E-state index in [1.165, 1.54) is 19.7 Å². The Morgan fingerprint density at radius 2 is 1.61 bits per heavy atom. The summed E-state index contributed by atoms with van der Waals surface area (Å²) in [6.07, 6.45) is 2.09. The molecule has 1 nitrogen and oxygen atoms in total. The van der Waals surface area contributed by atoms with Crippen molar-refractivity contribution in [2.75, 3.05) is 11.6 Å². The highest BCUT2D eigenvalue weighted by Crippen LogP contribution is 2.22. The van der Waals surface area contributed by atoms with Gasteiger partial charge in [0.15, 0.2) is 0 Å². The van der Waals surface area contributed by atoms with E-state index in [0.29, 0.717) is 6.04 Å². The Hall–Kier alpha value is -0.680. The molecular formula is C15H16INS. The zero-order chi connectivity index (χ0) is 13.0. The molecule has 3 heteroatoms. The number of anilines is 1. The van der Waals surface area contributed by atoms with Gasteiger partial charge in [0.1, 0.15) is 0 Å². The summed E-state index contributed by atoms with van der Waals surface area (Å²) in [6.45, 7) is 2.19. The van der Waals surface area contributed by atoms with Gasteiger partial charge in [0.25, 0.3) is 0 Å². The van der Waals surface area contributed by atoms with Gasteiger partial charge in [0.05, 0.1) is 0 Å². The predicted octanol–water partition coefficient (Wildman–Crippen LogP) is 5.19. The smallest absolute Gasteiger partial charge is 0.0485 e. The summed E-state index contributed by atoms with van der Waals surface area (Å²) >= 11 is 4.09. The summed E-state index contributed by atoms with van der Waals surface area (Å²) in [7, 11) is 0. The van der Waals surface area contributed by atoms with Gasteiger partial charge in [-0.1, -0.05) is 12.1 Å². The molecule has 0 aliphatic carbocycles. The van der Waals surface area contributed by atoms with Gasteiger partial charge in [-0.2, -0.15) is 0 Å². The fourth-order valence-corrected chi connectivity index (χ4v) is 2.54. The maximum absolute atomic E-state index is 3.52. The molecule has 0 aliphatic rings. The molecule has 0 saturated carbocycles. The van der Waals surface area contributed by atoms with Gasteiger partial charge in [-0.25, -0.2) is 0 Å². The third-order valence-corrected chi connectivity index (χ3v) is 4.31. The highest BCUT2D eigenvalue weighted by atomic mass is 127. The number of thioether (sulfide) groups is 1. The summed E-state index contributed by atoms with van der Waals surface area (Å²) in [5.41, 5.74) is 2.48. The number of hydrogen-bond acceptors (Lipinski definition) is 2. The van der Waals surface area contributed by atoms with Crippen molar-refractivity contribution in [1.29, 1.82) is 0 Å². The molecule has 94 valence electrons. The second kappa shape index (κ2) is 6.48. The lowest BCUT2D eigenvalue weighted by atomic mass is 10.1. The molecule has 0 radical (unpaired) electrons. The SMILES string of the molecule is CSc1ccc(NC(C)c2ccc(I)cc2)cc1. The van der Waals surface area contributed by atoms with Crippen molar-refractivity contribution in [3.8, 4) is 0 Å². The van der Waals surface area contributed by atoms with Gasteiger partial charge < -0.3 is 5.32 Å². The van der Waals surface area contributed by atoms with Crippen LogP contribution < -0.4 is 5.32 Å². The minimum absolute atomic E-state index is 0.321. The minimum Gasteiger partial charge on any atom is -0.379 e. The molecule has 2 rings (SSSR count). The number of benzene rings is 2. The van der Waals surface area contributed by atoms with Gasteiger partial charge in [-0.3, -0.25) is 0 Å². The van der Waals surface area contributed by atoms with E-state index < -0.39 is 0 Å². The molecule has 18 heavy (non-hydrogen) atoms. The largest absolute Gasteiger partial charge is 0.379 e.